The van der Waals surface area contributed by atoms with Crippen LogP contribution >= 0.6 is 11.3 Å². The molecule has 2 N–H and O–H groups in total. The van der Waals surface area contributed by atoms with E-state index in [1.165, 1.54) is 10.9 Å². The molecular formula is C16H15NO3S. The Morgan fingerprint density at radius 3 is 2.90 bits per heavy atom. The first-order chi connectivity index (χ1) is 10.1. The van der Waals surface area contributed by atoms with Gasteiger partial charge in [-0.15, -0.1) is 11.3 Å². The molecular weight excluding hydrogens is 286 g/mol. The molecule has 0 aliphatic carbocycles. The van der Waals surface area contributed by atoms with Crippen molar-refractivity contribution in [2.24, 2.45) is 0 Å². The number of benzene rings is 1. The van der Waals surface area contributed by atoms with Crippen molar-refractivity contribution < 1.29 is 9.52 Å². The Kier molecular flexibility index (Phi) is 3.77. The van der Waals surface area contributed by atoms with Crippen molar-refractivity contribution in [1.29, 1.82) is 0 Å². The van der Waals surface area contributed by atoms with Crippen molar-refractivity contribution in [2.45, 2.75) is 20.0 Å². The molecule has 0 atom stereocenters. The van der Waals surface area contributed by atoms with Gasteiger partial charge in [0.2, 0.25) is 0 Å². The van der Waals surface area contributed by atoms with Crippen molar-refractivity contribution in [3.05, 3.63) is 62.1 Å². The summed E-state index contributed by atoms with van der Waals surface area (Å²) in [6.07, 6.45) is 0. The minimum Gasteiger partial charge on any atom is -0.508 e. The zero-order valence-electron chi connectivity index (χ0n) is 11.6. The van der Waals surface area contributed by atoms with Crippen molar-refractivity contribution in [3.63, 3.8) is 0 Å². The molecule has 2 aromatic heterocycles. The van der Waals surface area contributed by atoms with E-state index in [1.807, 2.05) is 11.4 Å². The first-order valence-electron chi connectivity index (χ1n) is 6.63. The third-order valence-corrected chi connectivity index (χ3v) is 4.29. The van der Waals surface area contributed by atoms with Crippen LogP contribution in [0, 0.1) is 6.92 Å². The summed E-state index contributed by atoms with van der Waals surface area (Å²) in [6.45, 7) is 3.07. The standard InChI is InChI=1S/C16H15NO3S/c1-10-14(18)5-4-13-11(7-15(19)20-16(10)13)8-17-9-12-3-2-6-21-12/h2-7,17-18H,8-9H2,1H3. The molecule has 0 aliphatic rings. The number of aryl methyl sites for hydroxylation is 1. The highest BCUT2D eigenvalue weighted by Gasteiger charge is 2.10. The third kappa shape index (κ3) is 2.84. The van der Waals surface area contributed by atoms with Gasteiger partial charge in [0.25, 0.3) is 0 Å². The molecule has 0 unspecified atom stereocenters. The minimum atomic E-state index is -0.399. The summed E-state index contributed by atoms with van der Waals surface area (Å²) in [4.78, 5) is 12.9. The highest BCUT2D eigenvalue weighted by molar-refractivity contribution is 7.09. The monoisotopic (exact) mass is 301 g/mol. The molecule has 2 heterocycles. The van der Waals surface area contributed by atoms with E-state index in [0.29, 0.717) is 17.7 Å². The lowest BCUT2D eigenvalue weighted by Crippen LogP contribution is -2.14. The minimum absolute atomic E-state index is 0.134. The summed E-state index contributed by atoms with van der Waals surface area (Å²) in [5.74, 6) is 0.134. The van der Waals surface area contributed by atoms with Crippen LogP contribution in [0.15, 0.2) is 44.9 Å². The van der Waals surface area contributed by atoms with Crippen LogP contribution in [0.1, 0.15) is 16.0 Å². The van der Waals surface area contributed by atoms with E-state index in [4.69, 9.17) is 4.42 Å². The fourth-order valence-corrected chi connectivity index (χ4v) is 2.97. The van der Waals surface area contributed by atoms with E-state index < -0.39 is 5.63 Å². The summed E-state index contributed by atoms with van der Waals surface area (Å²) < 4.78 is 5.22. The Morgan fingerprint density at radius 2 is 2.14 bits per heavy atom. The van der Waals surface area contributed by atoms with Gasteiger partial charge in [-0.05, 0) is 36.1 Å². The number of rotatable bonds is 4. The zero-order valence-corrected chi connectivity index (χ0v) is 12.4. The second kappa shape index (κ2) is 5.71. The molecule has 21 heavy (non-hydrogen) atoms. The van der Waals surface area contributed by atoms with Gasteiger partial charge in [-0.2, -0.15) is 0 Å². The summed E-state index contributed by atoms with van der Waals surface area (Å²) >= 11 is 1.69. The fraction of sp³-hybridized carbons (Fsp3) is 0.188. The van der Waals surface area contributed by atoms with Crippen LogP contribution in [0.25, 0.3) is 11.0 Å². The van der Waals surface area contributed by atoms with Gasteiger partial charge in [-0.25, -0.2) is 4.79 Å². The molecule has 108 valence electrons. The smallest absolute Gasteiger partial charge is 0.336 e. The second-order valence-corrected chi connectivity index (χ2v) is 5.89. The average molecular weight is 301 g/mol. The van der Waals surface area contributed by atoms with Crippen molar-refractivity contribution in [3.8, 4) is 5.75 Å². The normalized spacial score (nSPS) is 11.1. The van der Waals surface area contributed by atoms with Crippen molar-refractivity contribution >= 4 is 22.3 Å². The second-order valence-electron chi connectivity index (χ2n) is 4.86. The summed E-state index contributed by atoms with van der Waals surface area (Å²) in [6, 6.07) is 8.99. The first kappa shape index (κ1) is 13.9. The number of aromatic hydroxyl groups is 1. The van der Waals surface area contributed by atoms with Crippen molar-refractivity contribution in [2.75, 3.05) is 0 Å². The molecule has 0 bridgehead atoms. The van der Waals surface area contributed by atoms with Crippen LogP contribution in [0.5, 0.6) is 5.75 Å². The van der Waals surface area contributed by atoms with Gasteiger partial charge >= 0.3 is 5.63 Å². The Balaban J connectivity index is 1.91. The third-order valence-electron chi connectivity index (χ3n) is 3.41. The Bertz CT molecular complexity index is 821. The van der Waals surface area contributed by atoms with E-state index >= 15 is 0 Å². The van der Waals surface area contributed by atoms with E-state index in [9.17, 15) is 9.90 Å². The predicted molar refractivity (Wildman–Crippen MR) is 83.7 cm³/mol. The molecule has 1 aromatic carbocycles. The molecule has 3 rings (SSSR count). The lowest BCUT2D eigenvalue weighted by molar-refractivity contribution is 0.468. The number of phenols is 1. The molecule has 0 spiro atoms. The Morgan fingerprint density at radius 1 is 1.29 bits per heavy atom. The van der Waals surface area contributed by atoms with Crippen LogP contribution in [0.3, 0.4) is 0 Å². The molecule has 0 saturated heterocycles. The predicted octanol–water partition coefficient (Wildman–Crippen LogP) is 3.16. The molecule has 0 amide bonds. The SMILES string of the molecule is Cc1c(O)ccc2c(CNCc3cccs3)cc(=O)oc12. The summed E-state index contributed by atoms with van der Waals surface area (Å²) in [5.41, 5.74) is 1.52. The van der Waals surface area contributed by atoms with E-state index in [2.05, 4.69) is 11.4 Å². The highest BCUT2D eigenvalue weighted by Crippen LogP contribution is 2.27. The first-order valence-corrected chi connectivity index (χ1v) is 7.51. The van der Waals surface area contributed by atoms with Gasteiger partial charge in [0.1, 0.15) is 11.3 Å². The van der Waals surface area contributed by atoms with Crippen LogP contribution < -0.4 is 10.9 Å². The maximum absolute atomic E-state index is 11.7. The summed E-state index contributed by atoms with van der Waals surface area (Å²) in [5, 5.41) is 15.9. The van der Waals surface area contributed by atoms with Gasteiger partial charge in [0.05, 0.1) is 0 Å². The van der Waals surface area contributed by atoms with E-state index in [0.717, 1.165) is 17.5 Å². The number of nitrogens with one attached hydrogen (secondary N) is 1. The van der Waals surface area contributed by atoms with Gasteiger partial charge in [0.15, 0.2) is 0 Å². The van der Waals surface area contributed by atoms with E-state index in [-0.39, 0.29) is 5.75 Å². The molecule has 0 aliphatic heterocycles. The zero-order chi connectivity index (χ0) is 14.8. The quantitative estimate of drug-likeness (QED) is 0.727. The van der Waals surface area contributed by atoms with Crippen LogP contribution in [-0.2, 0) is 13.1 Å². The highest BCUT2D eigenvalue weighted by atomic mass is 32.1. The molecule has 0 radical (unpaired) electrons. The lowest BCUT2D eigenvalue weighted by Gasteiger charge is -2.09. The Labute approximate surface area is 125 Å². The van der Waals surface area contributed by atoms with Gasteiger partial charge < -0.3 is 14.8 Å². The molecule has 3 aromatic rings. The number of phenolic OH excluding ortho intramolecular Hbond substituents is 1. The molecule has 4 nitrogen and oxygen atoms in total. The van der Waals surface area contributed by atoms with Crippen LogP contribution in [-0.4, -0.2) is 5.11 Å². The molecule has 0 saturated carbocycles. The lowest BCUT2D eigenvalue weighted by atomic mass is 10.1. The van der Waals surface area contributed by atoms with Gasteiger partial charge in [0, 0.05) is 35.0 Å². The maximum atomic E-state index is 11.7. The average Bonchev–Trinajstić information content (AvgIpc) is 2.96. The molecule has 0 fully saturated rings. The summed E-state index contributed by atoms with van der Waals surface area (Å²) in [7, 11) is 0. The van der Waals surface area contributed by atoms with Gasteiger partial charge in [-0.1, -0.05) is 6.07 Å². The molecule has 5 heteroatoms. The van der Waals surface area contributed by atoms with Crippen LogP contribution in [0.4, 0.5) is 0 Å². The van der Waals surface area contributed by atoms with Crippen LogP contribution in [0.2, 0.25) is 0 Å². The van der Waals surface area contributed by atoms with Crippen molar-refractivity contribution in [1.82, 2.24) is 5.32 Å². The van der Waals surface area contributed by atoms with E-state index in [1.54, 1.807) is 30.4 Å². The number of thiophene rings is 1. The topological polar surface area (TPSA) is 62.5 Å². The number of hydrogen-bond donors (Lipinski definition) is 2. The van der Waals surface area contributed by atoms with Gasteiger partial charge in [-0.3, -0.25) is 0 Å². The largest absolute Gasteiger partial charge is 0.508 e. The Hall–Kier alpha value is -2.11. The fourth-order valence-electron chi connectivity index (χ4n) is 2.30. The number of hydrogen-bond acceptors (Lipinski definition) is 5. The number of fused-ring (bicyclic) bond motifs is 1. The maximum Gasteiger partial charge on any atom is 0.336 e.